The molecular weight excluding hydrogens is 316 g/mol. The van der Waals surface area contributed by atoms with Crippen LogP contribution in [0.2, 0.25) is 0 Å². The molecule has 1 saturated carbocycles. The summed E-state index contributed by atoms with van der Waals surface area (Å²) < 4.78 is 0.754. The molecule has 0 saturated heterocycles. The van der Waals surface area contributed by atoms with Gasteiger partial charge >= 0.3 is 0 Å². The maximum absolute atomic E-state index is 10.7. The van der Waals surface area contributed by atoms with Crippen LogP contribution in [0.1, 0.15) is 19.3 Å². The summed E-state index contributed by atoms with van der Waals surface area (Å²) in [5.74, 6) is 0. The zero-order valence-corrected chi connectivity index (χ0v) is 12.5. The molecule has 98 valence electrons. The highest BCUT2D eigenvalue weighted by Gasteiger charge is 2.24. The Hall–Kier alpha value is -0.750. The lowest BCUT2D eigenvalue weighted by Gasteiger charge is -2.15. The van der Waals surface area contributed by atoms with E-state index in [0.29, 0.717) is 6.04 Å². The first-order chi connectivity index (χ1) is 8.60. The van der Waals surface area contributed by atoms with Crippen molar-refractivity contribution in [1.29, 1.82) is 0 Å². The molecule has 2 atom stereocenters. The number of nitro benzene ring substituents is 1. The van der Waals surface area contributed by atoms with E-state index in [2.05, 4.69) is 27.5 Å². The van der Waals surface area contributed by atoms with Gasteiger partial charge in [0, 0.05) is 33.6 Å². The molecule has 2 rings (SSSR count). The second-order valence-corrected chi connectivity index (χ2v) is 6.43. The number of thioether (sulfide) groups is 1. The van der Waals surface area contributed by atoms with Crippen LogP contribution in [0, 0.1) is 10.1 Å². The summed E-state index contributed by atoms with van der Waals surface area (Å²) in [6.45, 7) is 0. The molecule has 1 aromatic rings. The third-order valence-electron chi connectivity index (χ3n) is 3.24. The number of non-ortho nitro benzene ring substituents is 1. The Balaban J connectivity index is 2.04. The van der Waals surface area contributed by atoms with Crippen LogP contribution in [0.15, 0.2) is 22.7 Å². The van der Waals surface area contributed by atoms with E-state index in [4.69, 9.17) is 0 Å². The van der Waals surface area contributed by atoms with E-state index in [1.807, 2.05) is 11.8 Å². The topological polar surface area (TPSA) is 55.2 Å². The van der Waals surface area contributed by atoms with Crippen molar-refractivity contribution in [3.63, 3.8) is 0 Å². The van der Waals surface area contributed by atoms with Gasteiger partial charge in [-0.15, -0.1) is 0 Å². The van der Waals surface area contributed by atoms with Crippen molar-refractivity contribution in [3.05, 3.63) is 32.8 Å². The van der Waals surface area contributed by atoms with E-state index in [9.17, 15) is 10.1 Å². The highest BCUT2D eigenvalue weighted by molar-refractivity contribution is 9.10. The van der Waals surface area contributed by atoms with Gasteiger partial charge in [0.1, 0.15) is 0 Å². The van der Waals surface area contributed by atoms with E-state index in [1.165, 1.54) is 12.5 Å². The predicted molar refractivity (Wildman–Crippen MR) is 79.4 cm³/mol. The van der Waals surface area contributed by atoms with Gasteiger partial charge in [0.25, 0.3) is 5.69 Å². The van der Waals surface area contributed by atoms with Crippen LogP contribution >= 0.6 is 27.7 Å². The van der Waals surface area contributed by atoms with Crippen LogP contribution < -0.4 is 5.32 Å². The van der Waals surface area contributed by atoms with Gasteiger partial charge in [-0.25, -0.2) is 0 Å². The fourth-order valence-electron chi connectivity index (χ4n) is 2.24. The second kappa shape index (κ2) is 5.93. The minimum Gasteiger partial charge on any atom is -0.381 e. The van der Waals surface area contributed by atoms with Crippen molar-refractivity contribution < 1.29 is 4.92 Å². The molecule has 0 bridgehead atoms. The quantitative estimate of drug-likeness (QED) is 0.668. The minimum atomic E-state index is -0.381. The lowest BCUT2D eigenvalue weighted by molar-refractivity contribution is -0.384. The summed E-state index contributed by atoms with van der Waals surface area (Å²) in [5.41, 5.74) is 1.05. The molecule has 1 aromatic carbocycles. The minimum absolute atomic E-state index is 0.112. The van der Waals surface area contributed by atoms with Crippen molar-refractivity contribution in [2.24, 2.45) is 0 Å². The Kier molecular flexibility index (Phi) is 4.50. The molecular formula is C12H15BrN2O2S. The number of nitrogens with one attached hydrogen (secondary N) is 1. The van der Waals surface area contributed by atoms with Gasteiger partial charge in [0.15, 0.2) is 0 Å². The van der Waals surface area contributed by atoms with Gasteiger partial charge in [0.2, 0.25) is 0 Å². The lowest BCUT2D eigenvalue weighted by atomic mass is 10.2. The summed E-state index contributed by atoms with van der Waals surface area (Å²) in [5, 5.41) is 14.8. The Bertz CT molecular complexity index is 456. The normalized spacial score (nSPS) is 23.0. The van der Waals surface area contributed by atoms with E-state index in [1.54, 1.807) is 12.1 Å². The van der Waals surface area contributed by atoms with Gasteiger partial charge in [-0.2, -0.15) is 11.8 Å². The van der Waals surface area contributed by atoms with E-state index >= 15 is 0 Å². The number of halogens is 1. The first-order valence-corrected chi connectivity index (χ1v) is 7.91. The fraction of sp³-hybridized carbons (Fsp3) is 0.500. The molecule has 0 heterocycles. The highest BCUT2D eigenvalue weighted by Crippen LogP contribution is 2.33. The van der Waals surface area contributed by atoms with Crippen LogP contribution in [0.4, 0.5) is 11.4 Å². The van der Waals surface area contributed by atoms with Crippen molar-refractivity contribution in [2.75, 3.05) is 11.6 Å². The SMILES string of the molecule is CSC1CCC(Nc2ccc([N+](=O)[O-])cc2Br)C1. The van der Waals surface area contributed by atoms with Crippen LogP contribution in [-0.4, -0.2) is 22.5 Å². The van der Waals surface area contributed by atoms with Crippen LogP contribution in [0.5, 0.6) is 0 Å². The largest absolute Gasteiger partial charge is 0.381 e. The van der Waals surface area contributed by atoms with Gasteiger partial charge in [-0.3, -0.25) is 10.1 Å². The number of hydrogen-bond donors (Lipinski definition) is 1. The average Bonchev–Trinajstić information content (AvgIpc) is 2.79. The third-order valence-corrected chi connectivity index (χ3v) is 4.99. The molecule has 4 nitrogen and oxygen atoms in total. The van der Waals surface area contributed by atoms with Crippen molar-refractivity contribution in [3.8, 4) is 0 Å². The van der Waals surface area contributed by atoms with E-state index in [-0.39, 0.29) is 10.6 Å². The molecule has 0 aliphatic heterocycles. The Morgan fingerprint density at radius 3 is 2.83 bits per heavy atom. The summed E-state index contributed by atoms with van der Waals surface area (Å²) in [6.07, 6.45) is 5.71. The van der Waals surface area contributed by atoms with Gasteiger partial charge in [-0.05, 0) is 47.5 Å². The Morgan fingerprint density at radius 2 is 2.28 bits per heavy atom. The maximum Gasteiger partial charge on any atom is 0.270 e. The monoisotopic (exact) mass is 330 g/mol. The summed E-state index contributed by atoms with van der Waals surface area (Å²) in [6, 6.07) is 5.33. The molecule has 0 spiro atoms. The molecule has 0 radical (unpaired) electrons. The Labute approximate surface area is 119 Å². The van der Waals surface area contributed by atoms with Crippen LogP contribution in [0.25, 0.3) is 0 Å². The smallest absolute Gasteiger partial charge is 0.270 e. The number of benzene rings is 1. The average molecular weight is 331 g/mol. The van der Waals surface area contributed by atoms with Crippen LogP contribution in [-0.2, 0) is 0 Å². The zero-order valence-electron chi connectivity index (χ0n) is 10.1. The van der Waals surface area contributed by atoms with E-state index < -0.39 is 0 Å². The lowest BCUT2D eigenvalue weighted by Crippen LogP contribution is -2.16. The fourth-order valence-corrected chi connectivity index (χ4v) is 3.52. The van der Waals surface area contributed by atoms with Crippen molar-refractivity contribution in [1.82, 2.24) is 0 Å². The van der Waals surface area contributed by atoms with Gasteiger partial charge in [-0.1, -0.05) is 0 Å². The molecule has 1 N–H and O–H groups in total. The highest BCUT2D eigenvalue weighted by atomic mass is 79.9. The number of hydrogen-bond acceptors (Lipinski definition) is 4. The Morgan fingerprint density at radius 1 is 1.50 bits per heavy atom. The molecule has 0 amide bonds. The standard InChI is InChI=1S/C12H15BrN2O2S/c1-18-10-4-2-8(6-10)14-12-5-3-9(15(16)17)7-11(12)13/h3,5,7-8,10,14H,2,4,6H2,1H3. The molecule has 0 aromatic heterocycles. The predicted octanol–water partition coefficient (Wildman–Crippen LogP) is 4.05. The van der Waals surface area contributed by atoms with Gasteiger partial charge < -0.3 is 5.32 Å². The van der Waals surface area contributed by atoms with Crippen LogP contribution in [0.3, 0.4) is 0 Å². The third kappa shape index (κ3) is 3.17. The first-order valence-electron chi connectivity index (χ1n) is 5.83. The number of nitrogens with zero attached hydrogens (tertiary/aromatic N) is 1. The molecule has 2 unspecified atom stereocenters. The molecule has 1 fully saturated rings. The molecule has 1 aliphatic carbocycles. The summed E-state index contributed by atoms with van der Waals surface area (Å²) in [7, 11) is 0. The van der Waals surface area contributed by atoms with Gasteiger partial charge in [0.05, 0.1) is 4.92 Å². The number of anilines is 1. The zero-order chi connectivity index (χ0) is 13.1. The molecule has 1 aliphatic rings. The van der Waals surface area contributed by atoms with Crippen molar-refractivity contribution in [2.45, 2.75) is 30.6 Å². The number of rotatable bonds is 4. The second-order valence-electron chi connectivity index (χ2n) is 4.43. The summed E-state index contributed by atoms with van der Waals surface area (Å²) in [4.78, 5) is 10.3. The summed E-state index contributed by atoms with van der Waals surface area (Å²) >= 11 is 5.30. The first kappa shape index (κ1) is 13.7. The molecule has 18 heavy (non-hydrogen) atoms. The molecule has 6 heteroatoms. The van der Waals surface area contributed by atoms with E-state index in [0.717, 1.165) is 28.3 Å². The van der Waals surface area contributed by atoms with Crippen molar-refractivity contribution >= 4 is 39.1 Å². The maximum atomic E-state index is 10.7. The number of nitro groups is 1.